The molecule has 2 heterocycles. The van der Waals surface area contributed by atoms with Gasteiger partial charge in [-0.15, -0.1) is 11.3 Å². The maximum atomic E-state index is 13.1. The number of carbonyl (C=O) groups excluding carboxylic acids is 1. The Labute approximate surface area is 179 Å². The Morgan fingerprint density at radius 3 is 2.45 bits per heavy atom. The Morgan fingerprint density at radius 2 is 1.76 bits per heavy atom. The fourth-order valence-electron chi connectivity index (χ4n) is 3.50. The number of halogens is 1. The van der Waals surface area contributed by atoms with Gasteiger partial charge in [-0.05, 0) is 31.2 Å². The van der Waals surface area contributed by atoms with Crippen LogP contribution in [0.3, 0.4) is 0 Å². The number of rotatable bonds is 4. The monoisotopic (exact) mass is 427 g/mol. The molecule has 4 rings (SSSR count). The molecule has 2 aromatic carbocycles. The molecule has 0 N–H and O–H groups in total. The molecule has 5 nitrogen and oxygen atoms in total. The molecule has 0 bridgehead atoms. The first-order valence-electron chi connectivity index (χ1n) is 9.47. The van der Waals surface area contributed by atoms with Gasteiger partial charge >= 0.3 is 0 Å². The standard InChI is InChI=1S/C22H22ClN3O2S/c1-15-20(29-21(24-15)16-7-9-17(23)10-8-16)22(27)26-13-11-25(12-14-26)18-5-3-4-6-19(18)28-2/h3-10H,11-14H2,1-2H3. The average molecular weight is 428 g/mol. The van der Waals surface area contributed by atoms with Gasteiger partial charge in [0.05, 0.1) is 18.5 Å². The average Bonchev–Trinajstić information content (AvgIpc) is 3.15. The normalized spacial score (nSPS) is 14.2. The molecular weight excluding hydrogens is 406 g/mol. The van der Waals surface area contributed by atoms with E-state index >= 15 is 0 Å². The number of nitrogens with zero attached hydrogens (tertiary/aromatic N) is 3. The molecule has 7 heteroatoms. The van der Waals surface area contributed by atoms with Gasteiger partial charge in [0.2, 0.25) is 0 Å². The van der Waals surface area contributed by atoms with E-state index in [0.717, 1.165) is 40.8 Å². The summed E-state index contributed by atoms with van der Waals surface area (Å²) in [5.74, 6) is 0.915. The lowest BCUT2D eigenvalue weighted by atomic mass is 10.2. The Bertz CT molecular complexity index is 1010. The summed E-state index contributed by atoms with van der Waals surface area (Å²) in [6, 6.07) is 15.5. The van der Waals surface area contributed by atoms with Crippen LogP contribution in [0.5, 0.6) is 5.75 Å². The van der Waals surface area contributed by atoms with Gasteiger partial charge in [0.25, 0.3) is 5.91 Å². The summed E-state index contributed by atoms with van der Waals surface area (Å²) in [6.07, 6.45) is 0. The molecule has 0 saturated carbocycles. The van der Waals surface area contributed by atoms with Crippen LogP contribution in [0.25, 0.3) is 10.6 Å². The summed E-state index contributed by atoms with van der Waals surface area (Å²) in [7, 11) is 1.68. The third kappa shape index (κ3) is 4.09. The van der Waals surface area contributed by atoms with Gasteiger partial charge in [0.15, 0.2) is 0 Å². The minimum Gasteiger partial charge on any atom is -0.495 e. The number of aryl methyl sites for hydroxylation is 1. The lowest BCUT2D eigenvalue weighted by molar-refractivity contribution is 0.0750. The van der Waals surface area contributed by atoms with E-state index < -0.39 is 0 Å². The number of aromatic nitrogens is 1. The van der Waals surface area contributed by atoms with Crippen LogP contribution in [0.1, 0.15) is 15.4 Å². The molecule has 150 valence electrons. The smallest absolute Gasteiger partial charge is 0.265 e. The molecule has 0 radical (unpaired) electrons. The maximum absolute atomic E-state index is 13.1. The van der Waals surface area contributed by atoms with Crippen molar-refractivity contribution in [2.24, 2.45) is 0 Å². The first-order valence-corrected chi connectivity index (χ1v) is 10.7. The molecule has 0 aliphatic carbocycles. The summed E-state index contributed by atoms with van der Waals surface area (Å²) in [4.78, 5) is 22.6. The van der Waals surface area contributed by atoms with Gasteiger partial charge in [0, 0.05) is 36.8 Å². The highest BCUT2D eigenvalue weighted by molar-refractivity contribution is 7.17. The Morgan fingerprint density at radius 1 is 1.07 bits per heavy atom. The predicted molar refractivity (Wildman–Crippen MR) is 118 cm³/mol. The van der Waals surface area contributed by atoms with Gasteiger partial charge in [-0.1, -0.05) is 35.9 Å². The number of amides is 1. The zero-order chi connectivity index (χ0) is 20.4. The Balaban J connectivity index is 1.47. The number of thiazole rings is 1. The second-order valence-electron chi connectivity index (χ2n) is 6.89. The van der Waals surface area contributed by atoms with E-state index in [9.17, 15) is 4.79 Å². The van der Waals surface area contributed by atoms with E-state index in [1.165, 1.54) is 11.3 Å². The van der Waals surface area contributed by atoms with Crippen LogP contribution in [0.4, 0.5) is 5.69 Å². The van der Waals surface area contributed by atoms with Gasteiger partial charge in [-0.3, -0.25) is 4.79 Å². The van der Waals surface area contributed by atoms with E-state index in [-0.39, 0.29) is 5.91 Å². The van der Waals surface area contributed by atoms with Crippen molar-refractivity contribution in [1.82, 2.24) is 9.88 Å². The summed E-state index contributed by atoms with van der Waals surface area (Å²) >= 11 is 7.42. The van der Waals surface area contributed by atoms with Crippen LogP contribution in [-0.2, 0) is 0 Å². The summed E-state index contributed by atoms with van der Waals surface area (Å²) < 4.78 is 5.47. The first-order chi connectivity index (χ1) is 14.1. The molecule has 0 spiro atoms. The summed E-state index contributed by atoms with van der Waals surface area (Å²) in [6.45, 7) is 4.78. The van der Waals surface area contributed by atoms with Gasteiger partial charge < -0.3 is 14.5 Å². The van der Waals surface area contributed by atoms with Crippen molar-refractivity contribution >= 4 is 34.5 Å². The molecule has 29 heavy (non-hydrogen) atoms. The number of carbonyl (C=O) groups is 1. The highest BCUT2D eigenvalue weighted by Crippen LogP contribution is 2.31. The predicted octanol–water partition coefficient (Wildman–Crippen LogP) is 4.74. The number of anilines is 1. The largest absolute Gasteiger partial charge is 0.495 e. The van der Waals surface area contributed by atoms with Crippen molar-refractivity contribution in [1.29, 1.82) is 0 Å². The third-order valence-electron chi connectivity index (χ3n) is 5.07. The molecule has 1 aliphatic heterocycles. The van der Waals surface area contributed by atoms with Crippen molar-refractivity contribution in [2.45, 2.75) is 6.92 Å². The van der Waals surface area contributed by atoms with Crippen LogP contribution in [0.2, 0.25) is 5.02 Å². The van der Waals surface area contributed by atoms with E-state index in [1.807, 2.05) is 54.3 Å². The molecule has 1 amide bonds. The highest BCUT2D eigenvalue weighted by Gasteiger charge is 2.26. The topological polar surface area (TPSA) is 45.7 Å². The van der Waals surface area contributed by atoms with E-state index in [1.54, 1.807) is 7.11 Å². The SMILES string of the molecule is COc1ccccc1N1CCN(C(=O)c2sc(-c3ccc(Cl)cc3)nc2C)CC1. The van der Waals surface area contributed by atoms with Crippen molar-refractivity contribution < 1.29 is 9.53 Å². The second kappa shape index (κ2) is 8.43. The number of methoxy groups -OCH3 is 1. The minimum absolute atomic E-state index is 0.0555. The zero-order valence-electron chi connectivity index (χ0n) is 16.4. The molecule has 0 atom stereocenters. The van der Waals surface area contributed by atoms with E-state index in [4.69, 9.17) is 16.3 Å². The van der Waals surface area contributed by atoms with E-state index in [0.29, 0.717) is 23.0 Å². The second-order valence-corrected chi connectivity index (χ2v) is 8.33. The van der Waals surface area contributed by atoms with Crippen LogP contribution in [-0.4, -0.2) is 49.1 Å². The van der Waals surface area contributed by atoms with Crippen molar-refractivity contribution in [3.63, 3.8) is 0 Å². The fourth-order valence-corrected chi connectivity index (χ4v) is 4.66. The van der Waals surface area contributed by atoms with Crippen molar-refractivity contribution in [3.8, 4) is 16.3 Å². The number of benzene rings is 2. The molecule has 1 fully saturated rings. The fraction of sp³-hybridized carbons (Fsp3) is 0.273. The molecule has 1 aromatic heterocycles. The summed E-state index contributed by atoms with van der Waals surface area (Å²) in [5.41, 5.74) is 2.82. The summed E-state index contributed by atoms with van der Waals surface area (Å²) in [5, 5.41) is 1.53. The Hall–Kier alpha value is -2.57. The number of hydrogen-bond donors (Lipinski definition) is 0. The van der Waals surface area contributed by atoms with Crippen molar-refractivity contribution in [3.05, 3.63) is 64.1 Å². The quantitative estimate of drug-likeness (QED) is 0.603. The minimum atomic E-state index is 0.0555. The number of piperazine rings is 1. The molecule has 1 aliphatic rings. The molecule has 0 unspecified atom stereocenters. The van der Waals surface area contributed by atoms with E-state index in [2.05, 4.69) is 16.0 Å². The maximum Gasteiger partial charge on any atom is 0.265 e. The zero-order valence-corrected chi connectivity index (χ0v) is 18.0. The molecular formula is C22H22ClN3O2S. The van der Waals surface area contributed by atoms with Crippen molar-refractivity contribution in [2.75, 3.05) is 38.2 Å². The lowest BCUT2D eigenvalue weighted by Crippen LogP contribution is -2.48. The first kappa shape index (κ1) is 19.7. The number of hydrogen-bond acceptors (Lipinski definition) is 5. The molecule has 3 aromatic rings. The molecule has 1 saturated heterocycles. The van der Waals surface area contributed by atoms with Crippen LogP contribution < -0.4 is 9.64 Å². The van der Waals surface area contributed by atoms with Gasteiger partial charge in [-0.25, -0.2) is 4.98 Å². The highest BCUT2D eigenvalue weighted by atomic mass is 35.5. The van der Waals surface area contributed by atoms with Crippen LogP contribution in [0, 0.1) is 6.92 Å². The van der Waals surface area contributed by atoms with Crippen LogP contribution in [0.15, 0.2) is 48.5 Å². The number of para-hydroxylation sites is 2. The Kier molecular flexibility index (Phi) is 5.74. The van der Waals surface area contributed by atoms with Crippen LogP contribution >= 0.6 is 22.9 Å². The van der Waals surface area contributed by atoms with Gasteiger partial charge in [-0.2, -0.15) is 0 Å². The lowest BCUT2D eigenvalue weighted by Gasteiger charge is -2.36. The van der Waals surface area contributed by atoms with Gasteiger partial charge in [0.1, 0.15) is 15.6 Å². The third-order valence-corrected chi connectivity index (χ3v) is 6.52. The number of ether oxygens (including phenoxy) is 1.